The molecule has 2 heterocycles. The molecule has 4 heteroatoms. The SMILES string of the molecule is O=C(OCC1c2ccccc2-c2ccccc21)N1CCC2CCC(C1)N2. The fraction of sp³-hybridized carbons (Fsp3) is 0.409. The maximum Gasteiger partial charge on any atom is 0.409 e. The summed E-state index contributed by atoms with van der Waals surface area (Å²) in [6, 6.07) is 17.9. The maximum atomic E-state index is 12.7. The second-order valence-corrected chi connectivity index (χ2v) is 7.68. The Morgan fingerprint density at radius 1 is 0.962 bits per heavy atom. The highest BCUT2D eigenvalue weighted by atomic mass is 16.6. The number of hydrogen-bond acceptors (Lipinski definition) is 3. The molecule has 1 aliphatic carbocycles. The zero-order valence-electron chi connectivity index (χ0n) is 14.9. The molecule has 1 amide bonds. The van der Waals surface area contributed by atoms with E-state index in [0.29, 0.717) is 18.7 Å². The summed E-state index contributed by atoms with van der Waals surface area (Å²) in [6.45, 7) is 1.98. The van der Waals surface area contributed by atoms with Crippen LogP contribution in [-0.2, 0) is 4.74 Å². The van der Waals surface area contributed by atoms with E-state index in [9.17, 15) is 4.79 Å². The molecule has 2 atom stereocenters. The first kappa shape index (κ1) is 15.9. The summed E-state index contributed by atoms with van der Waals surface area (Å²) < 4.78 is 5.80. The van der Waals surface area contributed by atoms with Gasteiger partial charge in [-0.2, -0.15) is 0 Å². The highest BCUT2D eigenvalue weighted by Gasteiger charge is 2.33. The maximum absolute atomic E-state index is 12.7. The summed E-state index contributed by atoms with van der Waals surface area (Å²) in [6.07, 6.45) is 3.27. The molecule has 4 nitrogen and oxygen atoms in total. The summed E-state index contributed by atoms with van der Waals surface area (Å²) >= 11 is 0. The third-order valence-corrected chi connectivity index (χ3v) is 6.12. The lowest BCUT2D eigenvalue weighted by molar-refractivity contribution is 0.0980. The Balaban J connectivity index is 1.31. The first-order chi connectivity index (χ1) is 12.8. The normalized spacial score (nSPS) is 24.1. The first-order valence-electron chi connectivity index (χ1n) is 9.65. The van der Waals surface area contributed by atoms with Gasteiger partial charge >= 0.3 is 6.09 Å². The third kappa shape index (κ3) is 2.69. The minimum Gasteiger partial charge on any atom is -0.448 e. The Hall–Kier alpha value is -2.33. The fourth-order valence-electron chi connectivity index (χ4n) is 4.79. The van der Waals surface area contributed by atoms with Crippen LogP contribution in [0.25, 0.3) is 11.1 Å². The monoisotopic (exact) mass is 348 g/mol. The van der Waals surface area contributed by atoms with Gasteiger partial charge in [0.2, 0.25) is 0 Å². The van der Waals surface area contributed by atoms with Crippen LogP contribution in [0, 0.1) is 0 Å². The van der Waals surface area contributed by atoms with Crippen molar-refractivity contribution in [3.05, 3.63) is 59.7 Å². The van der Waals surface area contributed by atoms with Crippen LogP contribution >= 0.6 is 0 Å². The van der Waals surface area contributed by atoms with E-state index in [-0.39, 0.29) is 12.0 Å². The van der Waals surface area contributed by atoms with E-state index in [1.54, 1.807) is 0 Å². The van der Waals surface area contributed by atoms with E-state index in [0.717, 1.165) is 25.9 Å². The van der Waals surface area contributed by atoms with Crippen LogP contribution in [0.2, 0.25) is 0 Å². The van der Waals surface area contributed by atoms with Gasteiger partial charge in [-0.25, -0.2) is 4.79 Å². The lowest BCUT2D eigenvalue weighted by Crippen LogP contribution is -2.39. The van der Waals surface area contributed by atoms with Gasteiger partial charge < -0.3 is 15.0 Å². The molecule has 2 aliphatic heterocycles. The number of rotatable bonds is 2. The molecule has 26 heavy (non-hydrogen) atoms. The lowest BCUT2D eigenvalue weighted by atomic mass is 9.98. The molecule has 0 aromatic heterocycles. The Kier molecular flexibility index (Phi) is 3.93. The van der Waals surface area contributed by atoms with Gasteiger partial charge in [-0.1, -0.05) is 48.5 Å². The summed E-state index contributed by atoms with van der Waals surface area (Å²) in [5.74, 6) is 0.132. The summed E-state index contributed by atoms with van der Waals surface area (Å²) in [4.78, 5) is 14.6. The molecule has 2 aromatic carbocycles. The number of ether oxygens (including phenoxy) is 1. The molecule has 134 valence electrons. The van der Waals surface area contributed by atoms with Crippen molar-refractivity contribution in [1.82, 2.24) is 10.2 Å². The number of fused-ring (bicyclic) bond motifs is 5. The number of amides is 1. The van der Waals surface area contributed by atoms with Gasteiger partial charge in [-0.15, -0.1) is 0 Å². The molecule has 2 fully saturated rings. The molecule has 0 saturated carbocycles. The largest absolute Gasteiger partial charge is 0.448 e. The topological polar surface area (TPSA) is 41.6 Å². The van der Waals surface area contributed by atoms with Crippen LogP contribution in [0.4, 0.5) is 4.79 Å². The standard InChI is InChI=1S/C22H24N2O2/c25-22(24-12-11-15-9-10-16(13-24)23-15)26-14-21-19-7-3-1-5-17(19)18-6-2-4-8-20(18)21/h1-8,15-16,21,23H,9-14H2. The highest BCUT2D eigenvalue weighted by molar-refractivity contribution is 5.79. The van der Waals surface area contributed by atoms with E-state index in [1.807, 2.05) is 4.90 Å². The van der Waals surface area contributed by atoms with Crippen molar-refractivity contribution in [2.75, 3.05) is 19.7 Å². The molecule has 0 spiro atoms. The van der Waals surface area contributed by atoms with Crippen molar-refractivity contribution in [3.8, 4) is 11.1 Å². The molecule has 0 radical (unpaired) electrons. The molecule has 3 aliphatic rings. The van der Waals surface area contributed by atoms with Crippen molar-refractivity contribution >= 4 is 6.09 Å². The van der Waals surface area contributed by atoms with Gasteiger partial charge in [-0.05, 0) is 41.5 Å². The second-order valence-electron chi connectivity index (χ2n) is 7.68. The summed E-state index contributed by atoms with van der Waals surface area (Å²) in [5.41, 5.74) is 5.05. The van der Waals surface area contributed by atoms with Gasteiger partial charge in [0.05, 0.1) is 0 Å². The molecule has 2 bridgehead atoms. The average Bonchev–Trinajstić information content (AvgIpc) is 3.17. The van der Waals surface area contributed by atoms with E-state index in [1.165, 1.54) is 28.7 Å². The minimum absolute atomic E-state index is 0.132. The molecular formula is C22H24N2O2. The Bertz CT molecular complexity index is 789. The van der Waals surface area contributed by atoms with Gasteiger partial charge in [0.1, 0.15) is 6.61 Å². The van der Waals surface area contributed by atoms with Gasteiger partial charge in [-0.3, -0.25) is 0 Å². The Morgan fingerprint density at radius 3 is 2.35 bits per heavy atom. The van der Waals surface area contributed by atoms with Crippen molar-refractivity contribution < 1.29 is 9.53 Å². The third-order valence-electron chi connectivity index (χ3n) is 6.12. The second kappa shape index (κ2) is 6.44. The number of carbonyl (C=O) groups excluding carboxylic acids is 1. The summed E-state index contributed by atoms with van der Waals surface area (Å²) in [7, 11) is 0. The average molecular weight is 348 g/mol. The highest BCUT2D eigenvalue weighted by Crippen LogP contribution is 2.44. The molecule has 5 rings (SSSR count). The van der Waals surface area contributed by atoms with Crippen LogP contribution < -0.4 is 5.32 Å². The van der Waals surface area contributed by atoms with Crippen molar-refractivity contribution in [1.29, 1.82) is 0 Å². The van der Waals surface area contributed by atoms with Crippen LogP contribution in [0.1, 0.15) is 36.3 Å². The molecule has 2 aromatic rings. The Morgan fingerprint density at radius 2 is 1.62 bits per heavy atom. The van der Waals surface area contributed by atoms with Crippen molar-refractivity contribution in [2.24, 2.45) is 0 Å². The van der Waals surface area contributed by atoms with Gasteiger partial charge in [0, 0.05) is 31.1 Å². The lowest BCUT2D eigenvalue weighted by Gasteiger charge is -2.24. The predicted octanol–water partition coefficient (Wildman–Crippen LogP) is 3.76. The van der Waals surface area contributed by atoms with Crippen LogP contribution in [0.3, 0.4) is 0 Å². The molecule has 2 saturated heterocycles. The molecular weight excluding hydrogens is 324 g/mol. The van der Waals surface area contributed by atoms with Crippen molar-refractivity contribution in [3.63, 3.8) is 0 Å². The number of nitrogens with zero attached hydrogens (tertiary/aromatic N) is 1. The summed E-state index contributed by atoms with van der Waals surface area (Å²) in [5, 5.41) is 3.61. The number of hydrogen-bond donors (Lipinski definition) is 1. The van der Waals surface area contributed by atoms with E-state index in [2.05, 4.69) is 53.8 Å². The zero-order chi connectivity index (χ0) is 17.5. The van der Waals surface area contributed by atoms with E-state index in [4.69, 9.17) is 4.74 Å². The van der Waals surface area contributed by atoms with Crippen molar-refractivity contribution in [2.45, 2.75) is 37.3 Å². The van der Waals surface area contributed by atoms with Crippen LogP contribution in [0.15, 0.2) is 48.5 Å². The number of carbonyl (C=O) groups is 1. The van der Waals surface area contributed by atoms with Gasteiger partial charge in [0.15, 0.2) is 0 Å². The van der Waals surface area contributed by atoms with Crippen LogP contribution in [0.5, 0.6) is 0 Å². The number of likely N-dealkylation sites (tertiary alicyclic amines) is 1. The smallest absolute Gasteiger partial charge is 0.409 e. The Labute approximate surface area is 154 Å². The zero-order valence-corrected chi connectivity index (χ0v) is 14.9. The van der Waals surface area contributed by atoms with Gasteiger partial charge in [0.25, 0.3) is 0 Å². The van der Waals surface area contributed by atoms with E-state index < -0.39 is 0 Å². The predicted molar refractivity (Wildman–Crippen MR) is 101 cm³/mol. The number of benzene rings is 2. The number of nitrogens with one attached hydrogen (secondary N) is 1. The fourth-order valence-corrected chi connectivity index (χ4v) is 4.79. The quantitative estimate of drug-likeness (QED) is 0.898. The first-order valence-corrected chi connectivity index (χ1v) is 9.65. The molecule has 2 unspecified atom stereocenters. The van der Waals surface area contributed by atoms with E-state index >= 15 is 0 Å². The van der Waals surface area contributed by atoms with Crippen LogP contribution in [-0.4, -0.2) is 42.8 Å². The molecule has 1 N–H and O–H groups in total. The minimum atomic E-state index is -0.166.